The molecule has 3 aromatic rings. The summed E-state index contributed by atoms with van der Waals surface area (Å²) >= 11 is 0. The van der Waals surface area contributed by atoms with Crippen LogP contribution in [0.3, 0.4) is 0 Å². The van der Waals surface area contributed by atoms with Gasteiger partial charge in [0.25, 0.3) is 0 Å². The standard InChI is InChI=1S/C26H32F3N3O4/c1-7-35-22-14-20-18(13-21(22)36-12-11-34-6)24(32-16(3)31-20)30-15(2)17-9-8-10-19(23(17)27)26(28,29)25(4,5)33/h8-10,13-15,33H,7,11-12H2,1-6H3,(H,30,31,32)/t15-/m1/s1. The smallest absolute Gasteiger partial charge is 0.303 e. The molecule has 196 valence electrons. The van der Waals surface area contributed by atoms with Crippen molar-refractivity contribution in [3.05, 3.63) is 53.1 Å². The molecule has 1 aromatic heterocycles. The summed E-state index contributed by atoms with van der Waals surface area (Å²) in [6.45, 7) is 8.18. The molecule has 0 bridgehead atoms. The second-order valence-electron chi connectivity index (χ2n) is 8.92. The van der Waals surface area contributed by atoms with Crippen molar-refractivity contribution in [2.45, 2.75) is 52.2 Å². The summed E-state index contributed by atoms with van der Waals surface area (Å²) in [6.07, 6.45) is 0. The number of rotatable bonds is 11. The Labute approximate surface area is 208 Å². The van der Waals surface area contributed by atoms with E-state index in [1.165, 1.54) is 12.1 Å². The maximum absolute atomic E-state index is 15.3. The number of alkyl halides is 2. The van der Waals surface area contributed by atoms with Gasteiger partial charge in [-0.3, -0.25) is 0 Å². The minimum Gasteiger partial charge on any atom is -0.490 e. The van der Waals surface area contributed by atoms with Gasteiger partial charge in [0.2, 0.25) is 0 Å². The number of benzene rings is 2. The molecule has 3 rings (SSSR count). The highest BCUT2D eigenvalue weighted by molar-refractivity contribution is 5.92. The van der Waals surface area contributed by atoms with Crippen LogP contribution in [0.1, 0.15) is 50.7 Å². The van der Waals surface area contributed by atoms with Gasteiger partial charge in [-0.1, -0.05) is 12.1 Å². The quantitative estimate of drug-likeness (QED) is 0.330. The number of anilines is 1. The molecule has 0 aliphatic heterocycles. The predicted octanol–water partition coefficient (Wildman–Crippen LogP) is 5.54. The predicted molar refractivity (Wildman–Crippen MR) is 131 cm³/mol. The fraction of sp³-hybridized carbons (Fsp3) is 0.462. The number of nitrogens with one attached hydrogen (secondary N) is 1. The van der Waals surface area contributed by atoms with Gasteiger partial charge < -0.3 is 24.6 Å². The number of aryl methyl sites for hydroxylation is 1. The second kappa shape index (κ2) is 10.9. The Kier molecular flexibility index (Phi) is 8.30. The van der Waals surface area contributed by atoms with Crippen LogP contribution in [0.5, 0.6) is 11.5 Å². The van der Waals surface area contributed by atoms with Crippen molar-refractivity contribution in [1.82, 2.24) is 9.97 Å². The summed E-state index contributed by atoms with van der Waals surface area (Å²) < 4.78 is 61.4. The molecular formula is C26H32F3N3O4. The van der Waals surface area contributed by atoms with Crippen molar-refractivity contribution in [3.8, 4) is 11.5 Å². The largest absolute Gasteiger partial charge is 0.490 e. The topological polar surface area (TPSA) is 85.7 Å². The van der Waals surface area contributed by atoms with Crippen LogP contribution in [0.4, 0.5) is 19.0 Å². The molecule has 0 spiro atoms. The van der Waals surface area contributed by atoms with Gasteiger partial charge in [0.1, 0.15) is 29.7 Å². The van der Waals surface area contributed by atoms with E-state index < -0.39 is 28.9 Å². The number of methoxy groups -OCH3 is 1. The molecule has 1 atom stereocenters. The summed E-state index contributed by atoms with van der Waals surface area (Å²) in [5.74, 6) is -3.09. The molecule has 7 nitrogen and oxygen atoms in total. The van der Waals surface area contributed by atoms with Crippen LogP contribution in [-0.4, -0.2) is 47.6 Å². The molecule has 0 aliphatic carbocycles. The zero-order valence-corrected chi connectivity index (χ0v) is 21.3. The third kappa shape index (κ3) is 5.65. The number of halogens is 3. The number of hydrogen-bond acceptors (Lipinski definition) is 7. The lowest BCUT2D eigenvalue weighted by Crippen LogP contribution is -2.41. The molecule has 0 fully saturated rings. The Hall–Kier alpha value is -3.11. The first-order valence-electron chi connectivity index (χ1n) is 11.6. The Morgan fingerprint density at radius 1 is 1.08 bits per heavy atom. The van der Waals surface area contributed by atoms with Crippen LogP contribution in [0.15, 0.2) is 30.3 Å². The van der Waals surface area contributed by atoms with Crippen molar-refractivity contribution in [1.29, 1.82) is 0 Å². The number of aliphatic hydroxyl groups is 1. The van der Waals surface area contributed by atoms with Gasteiger partial charge in [0, 0.05) is 24.1 Å². The minimum absolute atomic E-state index is 0.00310. The van der Waals surface area contributed by atoms with E-state index in [4.69, 9.17) is 14.2 Å². The highest BCUT2D eigenvalue weighted by Crippen LogP contribution is 2.41. The molecule has 0 saturated carbocycles. The van der Waals surface area contributed by atoms with Crippen molar-refractivity contribution < 1.29 is 32.5 Å². The zero-order chi connectivity index (χ0) is 26.7. The highest BCUT2D eigenvalue weighted by Gasteiger charge is 2.49. The Morgan fingerprint density at radius 2 is 1.78 bits per heavy atom. The molecule has 1 heterocycles. The monoisotopic (exact) mass is 507 g/mol. The van der Waals surface area contributed by atoms with Crippen LogP contribution in [0, 0.1) is 12.7 Å². The summed E-state index contributed by atoms with van der Waals surface area (Å²) in [7, 11) is 1.57. The maximum atomic E-state index is 15.3. The lowest BCUT2D eigenvalue weighted by molar-refractivity contribution is -0.170. The van der Waals surface area contributed by atoms with Gasteiger partial charge in [0.05, 0.1) is 30.3 Å². The molecule has 2 aromatic carbocycles. The average molecular weight is 508 g/mol. The summed E-state index contributed by atoms with van der Waals surface area (Å²) in [5.41, 5.74) is -2.74. The number of fused-ring (bicyclic) bond motifs is 1. The third-order valence-corrected chi connectivity index (χ3v) is 5.67. The molecular weight excluding hydrogens is 475 g/mol. The van der Waals surface area contributed by atoms with Crippen molar-refractivity contribution >= 4 is 16.7 Å². The Morgan fingerprint density at radius 3 is 2.42 bits per heavy atom. The fourth-order valence-electron chi connectivity index (χ4n) is 3.72. The first-order valence-corrected chi connectivity index (χ1v) is 11.6. The van der Waals surface area contributed by atoms with Gasteiger partial charge in [-0.05, 0) is 46.8 Å². The molecule has 0 unspecified atom stereocenters. The van der Waals surface area contributed by atoms with Crippen molar-refractivity contribution in [3.63, 3.8) is 0 Å². The average Bonchev–Trinajstić information content (AvgIpc) is 2.79. The third-order valence-electron chi connectivity index (χ3n) is 5.67. The van der Waals surface area contributed by atoms with Crippen LogP contribution in [0.25, 0.3) is 10.9 Å². The molecule has 10 heteroatoms. The minimum atomic E-state index is -3.80. The van der Waals surface area contributed by atoms with Crippen LogP contribution in [-0.2, 0) is 10.7 Å². The summed E-state index contributed by atoms with van der Waals surface area (Å²) in [4.78, 5) is 8.94. The van der Waals surface area contributed by atoms with E-state index in [1.807, 2.05) is 6.92 Å². The fourth-order valence-corrected chi connectivity index (χ4v) is 3.72. The van der Waals surface area contributed by atoms with Gasteiger partial charge in [-0.15, -0.1) is 0 Å². The molecule has 0 saturated heterocycles. The maximum Gasteiger partial charge on any atom is 0.303 e. The van der Waals surface area contributed by atoms with Crippen LogP contribution < -0.4 is 14.8 Å². The number of nitrogens with zero attached hydrogens (tertiary/aromatic N) is 2. The molecule has 36 heavy (non-hydrogen) atoms. The first-order chi connectivity index (χ1) is 16.9. The second-order valence-corrected chi connectivity index (χ2v) is 8.92. The van der Waals surface area contributed by atoms with E-state index >= 15 is 4.39 Å². The first kappa shape index (κ1) is 27.5. The Bertz CT molecular complexity index is 1220. The van der Waals surface area contributed by atoms with E-state index in [2.05, 4.69) is 15.3 Å². The lowest BCUT2D eigenvalue weighted by atomic mass is 9.91. The van der Waals surface area contributed by atoms with Gasteiger partial charge >= 0.3 is 5.92 Å². The number of hydrogen-bond donors (Lipinski definition) is 2. The van der Waals surface area contributed by atoms with Gasteiger partial charge in [-0.25, -0.2) is 14.4 Å². The highest BCUT2D eigenvalue weighted by atomic mass is 19.3. The number of aromatic nitrogens is 2. The van der Waals surface area contributed by atoms with E-state index in [0.29, 0.717) is 53.9 Å². The van der Waals surface area contributed by atoms with Gasteiger partial charge in [0.15, 0.2) is 11.5 Å². The molecule has 0 amide bonds. The number of ether oxygens (including phenoxy) is 3. The lowest BCUT2D eigenvalue weighted by Gasteiger charge is -2.30. The van der Waals surface area contributed by atoms with Crippen LogP contribution >= 0.6 is 0 Å². The van der Waals surface area contributed by atoms with E-state index in [1.54, 1.807) is 33.1 Å². The zero-order valence-electron chi connectivity index (χ0n) is 21.3. The van der Waals surface area contributed by atoms with Gasteiger partial charge in [-0.2, -0.15) is 8.78 Å². The van der Waals surface area contributed by atoms with E-state index in [-0.39, 0.29) is 5.56 Å². The molecule has 0 aliphatic rings. The Balaban J connectivity index is 2.04. The van der Waals surface area contributed by atoms with Crippen molar-refractivity contribution in [2.24, 2.45) is 0 Å². The summed E-state index contributed by atoms with van der Waals surface area (Å²) in [6, 6.07) is 6.44. The van der Waals surface area contributed by atoms with Crippen molar-refractivity contribution in [2.75, 3.05) is 32.2 Å². The SMILES string of the molecule is CCOc1cc2nc(C)nc(N[C@H](C)c3cccc(C(F)(F)C(C)(C)O)c3F)c2cc1OCCOC. The van der Waals surface area contributed by atoms with Crippen LogP contribution in [0.2, 0.25) is 0 Å². The normalized spacial score (nSPS) is 13.1. The van der Waals surface area contributed by atoms with E-state index in [9.17, 15) is 13.9 Å². The van der Waals surface area contributed by atoms with E-state index in [0.717, 1.165) is 19.9 Å². The summed E-state index contributed by atoms with van der Waals surface area (Å²) in [5, 5.41) is 13.6. The molecule has 0 radical (unpaired) electrons. The molecule has 2 N–H and O–H groups in total.